The van der Waals surface area contributed by atoms with E-state index in [1.165, 1.54) is 32.2 Å². The van der Waals surface area contributed by atoms with E-state index in [1.54, 1.807) is 0 Å². The Kier molecular flexibility index (Phi) is 5.39. The third-order valence-corrected chi connectivity index (χ3v) is 5.13. The highest BCUT2D eigenvalue weighted by atomic mass is 35.5. The minimum atomic E-state index is 0.537. The Morgan fingerprint density at radius 1 is 1.44 bits per heavy atom. The highest BCUT2D eigenvalue weighted by Crippen LogP contribution is 2.23. The van der Waals surface area contributed by atoms with Crippen molar-refractivity contribution in [2.45, 2.75) is 42.8 Å². The topological polar surface area (TPSA) is 21.1 Å². The fraction of sp³-hybridized carbons (Fsp3) is 0.769. The minimum Gasteiger partial charge on any atom is -0.325 e. The number of aromatic nitrogens is 2. The first kappa shape index (κ1) is 14.2. The van der Waals surface area contributed by atoms with Gasteiger partial charge in [-0.15, -0.1) is 11.6 Å². The monoisotopic (exact) mass is 287 g/mol. The van der Waals surface area contributed by atoms with Crippen LogP contribution in [0.1, 0.15) is 31.4 Å². The zero-order chi connectivity index (χ0) is 13.0. The van der Waals surface area contributed by atoms with Crippen LogP contribution in [0.5, 0.6) is 0 Å². The average molecular weight is 288 g/mol. The second kappa shape index (κ2) is 6.83. The molecule has 1 aromatic rings. The molecule has 0 bridgehead atoms. The summed E-state index contributed by atoms with van der Waals surface area (Å²) in [6.07, 6.45) is 7.23. The molecule has 0 amide bonds. The van der Waals surface area contributed by atoms with Gasteiger partial charge in [0.1, 0.15) is 0 Å². The van der Waals surface area contributed by atoms with E-state index in [0.29, 0.717) is 5.88 Å². The van der Waals surface area contributed by atoms with Crippen LogP contribution in [0.4, 0.5) is 0 Å². The lowest BCUT2D eigenvalue weighted by Crippen LogP contribution is -2.36. The molecule has 2 rings (SSSR count). The van der Waals surface area contributed by atoms with Crippen LogP contribution >= 0.6 is 23.4 Å². The van der Waals surface area contributed by atoms with E-state index < -0.39 is 0 Å². The largest absolute Gasteiger partial charge is 0.325 e. The smallest absolute Gasteiger partial charge is 0.167 e. The van der Waals surface area contributed by atoms with Gasteiger partial charge in [-0.1, -0.05) is 18.2 Å². The molecule has 1 saturated heterocycles. The molecule has 102 valence electrons. The summed E-state index contributed by atoms with van der Waals surface area (Å²) in [5.41, 5.74) is 1.09. The van der Waals surface area contributed by atoms with Gasteiger partial charge in [-0.3, -0.25) is 0 Å². The summed E-state index contributed by atoms with van der Waals surface area (Å²) in [4.78, 5) is 6.92. The summed E-state index contributed by atoms with van der Waals surface area (Å²) >= 11 is 7.69. The Morgan fingerprint density at radius 3 is 2.94 bits per heavy atom. The Balaban J connectivity index is 1.79. The number of hydrogen-bond acceptors (Lipinski definition) is 3. The highest BCUT2D eigenvalue weighted by Gasteiger charge is 2.18. The lowest BCUT2D eigenvalue weighted by atomic mass is 10.0. The summed E-state index contributed by atoms with van der Waals surface area (Å²) in [6.45, 7) is 1.26. The normalized spacial score (nSPS) is 21.4. The van der Waals surface area contributed by atoms with Gasteiger partial charge in [0.15, 0.2) is 5.16 Å². The zero-order valence-corrected chi connectivity index (χ0v) is 12.8. The molecule has 0 aliphatic carbocycles. The number of thioether (sulfide) groups is 1. The van der Waals surface area contributed by atoms with Crippen molar-refractivity contribution in [3.63, 3.8) is 0 Å². The molecule has 2 heterocycles. The number of nitrogens with zero attached hydrogens (tertiary/aromatic N) is 3. The highest BCUT2D eigenvalue weighted by molar-refractivity contribution is 7.99. The first-order chi connectivity index (χ1) is 8.72. The van der Waals surface area contributed by atoms with Gasteiger partial charge in [0.25, 0.3) is 0 Å². The number of rotatable bonds is 5. The SMILES string of the molecule is CN1CCCCC1CCSc1ncc(CCl)n1C. The quantitative estimate of drug-likeness (QED) is 0.613. The van der Waals surface area contributed by atoms with Crippen LogP contribution < -0.4 is 0 Å². The third kappa shape index (κ3) is 3.43. The van der Waals surface area contributed by atoms with E-state index in [9.17, 15) is 0 Å². The molecule has 5 heteroatoms. The van der Waals surface area contributed by atoms with Gasteiger partial charge in [-0.25, -0.2) is 4.98 Å². The number of halogens is 1. The summed E-state index contributed by atoms with van der Waals surface area (Å²) in [6, 6.07) is 0.763. The van der Waals surface area contributed by atoms with E-state index in [-0.39, 0.29) is 0 Å². The van der Waals surface area contributed by atoms with Crippen molar-refractivity contribution in [3.8, 4) is 0 Å². The molecule has 1 aliphatic rings. The summed E-state index contributed by atoms with van der Waals surface area (Å²) in [5.74, 6) is 1.68. The molecule has 1 unspecified atom stereocenters. The number of hydrogen-bond donors (Lipinski definition) is 0. The van der Waals surface area contributed by atoms with Gasteiger partial charge < -0.3 is 9.47 Å². The Bertz CT molecular complexity index is 380. The maximum Gasteiger partial charge on any atom is 0.167 e. The summed E-state index contributed by atoms with van der Waals surface area (Å²) < 4.78 is 2.10. The van der Waals surface area contributed by atoms with Crippen LogP contribution in [-0.2, 0) is 12.9 Å². The predicted molar refractivity (Wildman–Crippen MR) is 78.4 cm³/mol. The van der Waals surface area contributed by atoms with E-state index in [1.807, 2.05) is 25.0 Å². The second-order valence-corrected chi connectivity index (χ2v) is 6.32. The Morgan fingerprint density at radius 2 is 2.28 bits per heavy atom. The first-order valence-electron chi connectivity index (χ1n) is 6.62. The predicted octanol–water partition coefficient (Wildman–Crippen LogP) is 3.13. The maximum absolute atomic E-state index is 5.84. The first-order valence-corrected chi connectivity index (χ1v) is 8.14. The maximum atomic E-state index is 5.84. The number of likely N-dealkylation sites (tertiary alicyclic amines) is 1. The van der Waals surface area contributed by atoms with Crippen LogP contribution in [0.3, 0.4) is 0 Å². The zero-order valence-electron chi connectivity index (χ0n) is 11.2. The molecule has 1 fully saturated rings. The second-order valence-electron chi connectivity index (χ2n) is 4.99. The van der Waals surface area contributed by atoms with Gasteiger partial charge in [-0.2, -0.15) is 0 Å². The van der Waals surface area contributed by atoms with E-state index >= 15 is 0 Å². The van der Waals surface area contributed by atoms with Crippen molar-refractivity contribution >= 4 is 23.4 Å². The molecule has 18 heavy (non-hydrogen) atoms. The number of piperidine rings is 1. The van der Waals surface area contributed by atoms with Gasteiger partial charge >= 0.3 is 0 Å². The van der Waals surface area contributed by atoms with Gasteiger partial charge in [0.05, 0.1) is 17.8 Å². The number of alkyl halides is 1. The van der Waals surface area contributed by atoms with Crippen LogP contribution in [0.25, 0.3) is 0 Å². The van der Waals surface area contributed by atoms with Crippen molar-refractivity contribution in [2.24, 2.45) is 7.05 Å². The van der Waals surface area contributed by atoms with Crippen LogP contribution in [0.2, 0.25) is 0 Å². The average Bonchev–Trinajstić information content (AvgIpc) is 2.73. The molecule has 3 nitrogen and oxygen atoms in total. The molecule has 0 aromatic carbocycles. The molecule has 0 saturated carbocycles. The molecule has 1 atom stereocenters. The standard InChI is InChI=1S/C13H22ClN3S/c1-16-7-4-3-5-11(16)6-8-18-13-15-10-12(9-14)17(13)2/h10-11H,3-9H2,1-2H3. The molecule has 0 N–H and O–H groups in total. The van der Waals surface area contributed by atoms with Gasteiger partial charge in [-0.05, 0) is 32.9 Å². The summed E-state index contributed by atoms with van der Waals surface area (Å²) in [7, 11) is 4.29. The van der Waals surface area contributed by atoms with Gasteiger partial charge in [0.2, 0.25) is 0 Å². The molecular weight excluding hydrogens is 266 g/mol. The lowest BCUT2D eigenvalue weighted by Gasteiger charge is -2.32. The van der Waals surface area contributed by atoms with Gasteiger partial charge in [0, 0.05) is 18.8 Å². The van der Waals surface area contributed by atoms with E-state index in [2.05, 4.69) is 21.5 Å². The molecule has 1 aromatic heterocycles. The van der Waals surface area contributed by atoms with Crippen molar-refractivity contribution in [3.05, 3.63) is 11.9 Å². The molecule has 0 spiro atoms. The van der Waals surface area contributed by atoms with Crippen molar-refractivity contribution in [2.75, 3.05) is 19.3 Å². The molecular formula is C13H22ClN3S. The fourth-order valence-electron chi connectivity index (χ4n) is 2.48. The van der Waals surface area contributed by atoms with Crippen LogP contribution in [0, 0.1) is 0 Å². The molecule has 1 aliphatic heterocycles. The Labute approximate surface area is 119 Å². The van der Waals surface area contributed by atoms with Crippen LogP contribution in [-0.4, -0.2) is 39.8 Å². The van der Waals surface area contributed by atoms with Crippen molar-refractivity contribution in [1.29, 1.82) is 0 Å². The lowest BCUT2D eigenvalue weighted by molar-refractivity contribution is 0.182. The van der Waals surface area contributed by atoms with E-state index in [0.717, 1.165) is 22.6 Å². The van der Waals surface area contributed by atoms with Crippen LogP contribution in [0.15, 0.2) is 11.4 Å². The fourth-order valence-corrected chi connectivity index (χ4v) is 3.74. The minimum absolute atomic E-state index is 0.537. The van der Waals surface area contributed by atoms with E-state index in [4.69, 9.17) is 11.6 Å². The Hall–Kier alpha value is -0.190. The summed E-state index contributed by atoms with van der Waals surface area (Å²) in [5, 5.41) is 1.09. The van der Waals surface area contributed by atoms with Crippen molar-refractivity contribution in [1.82, 2.24) is 14.5 Å². The number of imidazole rings is 1. The van der Waals surface area contributed by atoms with Crippen molar-refractivity contribution < 1.29 is 0 Å². The molecule has 0 radical (unpaired) electrons. The third-order valence-electron chi connectivity index (χ3n) is 3.78.